The molecule has 0 radical (unpaired) electrons. The van der Waals surface area contributed by atoms with E-state index in [0.717, 1.165) is 26.9 Å². The van der Waals surface area contributed by atoms with Crippen molar-refractivity contribution in [2.24, 2.45) is 0 Å². The van der Waals surface area contributed by atoms with E-state index in [1.54, 1.807) is 6.20 Å². The molecule has 0 aliphatic rings. The molecule has 0 saturated carbocycles. The first-order valence-electron chi connectivity index (χ1n) is 8.48. The topological polar surface area (TPSA) is 51.2 Å². The summed E-state index contributed by atoms with van der Waals surface area (Å²) < 4.78 is 7.11. The van der Waals surface area contributed by atoms with Crippen LogP contribution >= 0.6 is 15.9 Å². The van der Waals surface area contributed by atoms with Gasteiger partial charge < -0.3 is 10.1 Å². The minimum Gasteiger partial charge on any atom is -0.486 e. The smallest absolute Gasteiger partial charge is 0.211 e. The zero-order chi connectivity index (χ0) is 19.1. The van der Waals surface area contributed by atoms with Crippen molar-refractivity contribution in [1.29, 1.82) is 0 Å². The molecule has 2 aromatic carbocycles. The Morgan fingerprint density at radius 2 is 1.89 bits per heavy atom. The van der Waals surface area contributed by atoms with Crippen LogP contribution in [0.25, 0.3) is 11.3 Å². The Balaban J connectivity index is 2.07. The molecule has 0 spiro atoms. The van der Waals surface area contributed by atoms with Gasteiger partial charge in [-0.2, -0.15) is 0 Å². The number of rotatable bonds is 7. The number of hydrogen-bond acceptors (Lipinski definition) is 3. The first kappa shape index (κ1) is 18.9. The Labute approximate surface area is 167 Å². The van der Waals surface area contributed by atoms with Crippen LogP contribution in [0.4, 0.5) is 5.69 Å². The summed E-state index contributed by atoms with van der Waals surface area (Å²) in [5.41, 5.74) is 4.33. The molecule has 5 heteroatoms. The molecule has 136 valence electrons. The van der Waals surface area contributed by atoms with E-state index < -0.39 is 0 Å². The molecule has 27 heavy (non-hydrogen) atoms. The molecule has 0 aliphatic carbocycles. The Morgan fingerprint density at radius 1 is 1.11 bits per heavy atom. The van der Waals surface area contributed by atoms with E-state index in [2.05, 4.69) is 26.2 Å². The van der Waals surface area contributed by atoms with Crippen LogP contribution in [0.3, 0.4) is 0 Å². The van der Waals surface area contributed by atoms with Crippen molar-refractivity contribution in [2.45, 2.75) is 13.5 Å². The molecule has 3 rings (SSSR count). The molecule has 1 heterocycles. The highest BCUT2D eigenvalue weighted by Gasteiger charge is 2.15. The van der Waals surface area contributed by atoms with Crippen molar-refractivity contribution in [3.05, 3.63) is 94.2 Å². The number of aromatic nitrogens is 1. The van der Waals surface area contributed by atoms with Gasteiger partial charge in [-0.3, -0.25) is 9.78 Å². The van der Waals surface area contributed by atoms with Crippen LogP contribution in [0.5, 0.6) is 0 Å². The average molecular weight is 423 g/mol. The molecule has 1 N–H and O–H groups in total. The number of hydrogen-bond donors (Lipinski definition) is 1. The first-order valence-corrected chi connectivity index (χ1v) is 9.27. The van der Waals surface area contributed by atoms with Crippen molar-refractivity contribution >= 4 is 39.4 Å². The fourth-order valence-corrected chi connectivity index (χ4v) is 3.09. The highest BCUT2D eigenvalue weighted by atomic mass is 79.9. The van der Waals surface area contributed by atoms with Crippen LogP contribution < -0.4 is 5.32 Å². The fourth-order valence-electron chi connectivity index (χ4n) is 2.73. The molecule has 1 amide bonds. The first-order chi connectivity index (χ1) is 13.2. The molecule has 0 saturated heterocycles. The number of nitrogens with zero attached hydrogens (tertiary/aromatic N) is 1. The summed E-state index contributed by atoms with van der Waals surface area (Å²) >= 11 is 3.51. The maximum Gasteiger partial charge on any atom is 0.211 e. The number of halogens is 1. The second-order valence-electron chi connectivity index (χ2n) is 5.88. The minimum atomic E-state index is 0.327. The summed E-state index contributed by atoms with van der Waals surface area (Å²) in [5, 5.41) is 2.76. The number of ether oxygens (including phenoxy) is 1. The van der Waals surface area contributed by atoms with E-state index in [1.165, 1.54) is 0 Å². The molecular weight excluding hydrogens is 404 g/mol. The van der Waals surface area contributed by atoms with Crippen LogP contribution in [0, 0.1) is 0 Å². The number of carbonyl (C=O) groups is 1. The molecule has 0 unspecified atom stereocenters. The number of amides is 1. The lowest BCUT2D eigenvalue weighted by Crippen LogP contribution is -2.03. The second kappa shape index (κ2) is 9.14. The quantitative estimate of drug-likeness (QED) is 0.309. The lowest BCUT2D eigenvalue weighted by Gasteiger charge is -2.18. The number of nitrogens with one attached hydrogen (secondary N) is 1. The molecule has 0 atom stereocenters. The standard InChI is InChI=1S/C22H19BrN2O2/c1-16(17-7-3-2-4-8-17)22(27-14-19-9-5-6-12-24-19)20-13-18(23)10-11-21(20)25-15-26/h2-13,15H,14H2,1H3,(H,25,26)/b22-16-. The van der Waals surface area contributed by atoms with Gasteiger partial charge in [0.15, 0.2) is 0 Å². The SMILES string of the molecule is C/C(=C(/OCc1ccccn1)c1cc(Br)ccc1NC=O)c1ccccc1. The normalized spacial score (nSPS) is 11.5. The van der Waals surface area contributed by atoms with Gasteiger partial charge in [-0.05, 0) is 48.4 Å². The number of allylic oxidation sites excluding steroid dienone is 1. The van der Waals surface area contributed by atoms with Gasteiger partial charge in [0.2, 0.25) is 6.41 Å². The summed E-state index contributed by atoms with van der Waals surface area (Å²) in [7, 11) is 0. The van der Waals surface area contributed by atoms with Crippen LogP contribution in [0.15, 0.2) is 77.4 Å². The molecular formula is C22H19BrN2O2. The van der Waals surface area contributed by atoms with Crippen LogP contribution in [-0.4, -0.2) is 11.4 Å². The number of carbonyl (C=O) groups excluding carboxylic acids is 1. The van der Waals surface area contributed by atoms with Gasteiger partial charge in [0.1, 0.15) is 12.4 Å². The van der Waals surface area contributed by atoms with Crippen molar-refractivity contribution in [1.82, 2.24) is 4.98 Å². The molecule has 0 fully saturated rings. The lowest BCUT2D eigenvalue weighted by molar-refractivity contribution is -0.105. The molecule has 3 aromatic rings. The zero-order valence-electron chi connectivity index (χ0n) is 14.9. The fraction of sp³-hybridized carbons (Fsp3) is 0.0909. The van der Waals surface area contributed by atoms with Crippen molar-refractivity contribution < 1.29 is 9.53 Å². The zero-order valence-corrected chi connectivity index (χ0v) is 16.4. The lowest BCUT2D eigenvalue weighted by atomic mass is 10.0. The number of anilines is 1. The van der Waals surface area contributed by atoms with Crippen molar-refractivity contribution in [2.75, 3.05) is 5.32 Å². The highest BCUT2D eigenvalue weighted by Crippen LogP contribution is 2.34. The van der Waals surface area contributed by atoms with E-state index in [4.69, 9.17) is 4.74 Å². The highest BCUT2D eigenvalue weighted by molar-refractivity contribution is 9.10. The Morgan fingerprint density at radius 3 is 2.59 bits per heavy atom. The van der Waals surface area contributed by atoms with E-state index in [0.29, 0.717) is 24.5 Å². The van der Waals surface area contributed by atoms with E-state index in [1.807, 2.05) is 73.7 Å². The molecule has 0 bridgehead atoms. The summed E-state index contributed by atoms with van der Waals surface area (Å²) in [5.74, 6) is 0.692. The van der Waals surface area contributed by atoms with Crippen molar-refractivity contribution in [3.8, 4) is 0 Å². The Bertz CT molecular complexity index is 941. The number of benzene rings is 2. The third kappa shape index (κ3) is 4.83. The van der Waals surface area contributed by atoms with Gasteiger partial charge in [0.05, 0.1) is 11.4 Å². The third-order valence-corrected chi connectivity index (χ3v) is 4.57. The maximum atomic E-state index is 11.1. The Hall–Kier alpha value is -2.92. The van der Waals surface area contributed by atoms with Gasteiger partial charge in [-0.15, -0.1) is 0 Å². The van der Waals surface area contributed by atoms with Gasteiger partial charge in [0.25, 0.3) is 0 Å². The molecule has 0 aliphatic heterocycles. The maximum absolute atomic E-state index is 11.1. The summed E-state index contributed by atoms with van der Waals surface area (Å²) in [4.78, 5) is 15.4. The predicted molar refractivity (Wildman–Crippen MR) is 112 cm³/mol. The monoisotopic (exact) mass is 422 g/mol. The van der Waals surface area contributed by atoms with Gasteiger partial charge >= 0.3 is 0 Å². The summed E-state index contributed by atoms with van der Waals surface area (Å²) in [6.07, 6.45) is 2.41. The largest absolute Gasteiger partial charge is 0.486 e. The van der Waals surface area contributed by atoms with Crippen LogP contribution in [0.2, 0.25) is 0 Å². The van der Waals surface area contributed by atoms with Gasteiger partial charge in [-0.25, -0.2) is 0 Å². The molecule has 1 aromatic heterocycles. The number of pyridine rings is 1. The summed E-state index contributed by atoms with van der Waals surface area (Å²) in [6, 6.07) is 21.4. The summed E-state index contributed by atoms with van der Waals surface area (Å²) in [6.45, 7) is 2.34. The van der Waals surface area contributed by atoms with E-state index in [-0.39, 0.29) is 0 Å². The predicted octanol–water partition coefficient (Wildman–Crippen LogP) is 5.52. The molecule has 4 nitrogen and oxygen atoms in total. The Kier molecular flexibility index (Phi) is 6.39. The average Bonchev–Trinajstić information content (AvgIpc) is 2.71. The van der Waals surface area contributed by atoms with Crippen LogP contribution in [0.1, 0.15) is 23.7 Å². The minimum absolute atomic E-state index is 0.327. The third-order valence-electron chi connectivity index (χ3n) is 4.08. The van der Waals surface area contributed by atoms with Crippen LogP contribution in [-0.2, 0) is 16.1 Å². The van der Waals surface area contributed by atoms with E-state index >= 15 is 0 Å². The second-order valence-corrected chi connectivity index (χ2v) is 6.80. The van der Waals surface area contributed by atoms with Gasteiger partial charge in [0, 0.05) is 16.2 Å². The van der Waals surface area contributed by atoms with Gasteiger partial charge in [-0.1, -0.05) is 52.3 Å². The van der Waals surface area contributed by atoms with E-state index in [9.17, 15) is 4.79 Å². The van der Waals surface area contributed by atoms with Crippen molar-refractivity contribution in [3.63, 3.8) is 0 Å².